The van der Waals surface area contributed by atoms with Crippen LogP contribution in [-0.2, 0) is 9.59 Å². The van der Waals surface area contributed by atoms with Gasteiger partial charge in [-0.25, -0.2) is 4.39 Å². The molecule has 1 fully saturated rings. The van der Waals surface area contributed by atoms with E-state index in [0.717, 1.165) is 0 Å². The number of hydrogen-bond donors (Lipinski definition) is 1. The van der Waals surface area contributed by atoms with E-state index in [-0.39, 0.29) is 11.3 Å². The second-order valence-electron chi connectivity index (χ2n) is 8.58. The summed E-state index contributed by atoms with van der Waals surface area (Å²) in [5.41, 5.74) is 0.957. The minimum Gasteiger partial charge on any atom is -0.507 e. The molecule has 1 saturated heterocycles. The Morgan fingerprint density at radius 3 is 2.28 bits per heavy atom. The first-order chi connectivity index (χ1) is 15.2. The van der Waals surface area contributed by atoms with E-state index in [1.165, 1.54) is 29.2 Å². The van der Waals surface area contributed by atoms with E-state index in [9.17, 15) is 19.1 Å². The number of nitrogens with zero attached hydrogens (tertiary/aromatic N) is 2. The highest BCUT2D eigenvalue weighted by Crippen LogP contribution is 2.39. The molecule has 0 unspecified atom stereocenters. The first-order valence-corrected chi connectivity index (χ1v) is 10.6. The zero-order chi connectivity index (χ0) is 23.4. The van der Waals surface area contributed by atoms with Crippen molar-refractivity contribution in [3.05, 3.63) is 71.0 Å². The lowest BCUT2D eigenvalue weighted by Crippen LogP contribution is -2.35. The van der Waals surface area contributed by atoms with Crippen LogP contribution in [0.2, 0.25) is 0 Å². The third-order valence-corrected chi connectivity index (χ3v) is 5.22. The fraction of sp³-hybridized carbons (Fsp3) is 0.360. The van der Waals surface area contributed by atoms with Crippen LogP contribution in [0.3, 0.4) is 0 Å². The molecular formula is C25H29FN2O4. The first kappa shape index (κ1) is 23.5. The molecule has 3 rings (SSSR count). The van der Waals surface area contributed by atoms with Crippen molar-refractivity contribution in [3.8, 4) is 5.75 Å². The largest absolute Gasteiger partial charge is 0.507 e. The predicted molar refractivity (Wildman–Crippen MR) is 121 cm³/mol. The summed E-state index contributed by atoms with van der Waals surface area (Å²) in [5, 5.41) is 11.1. The number of Topliss-reactive ketones (excluding diaryl/α,β-unsaturated/α-hetero) is 1. The van der Waals surface area contributed by atoms with E-state index in [1.54, 1.807) is 24.3 Å². The first-order valence-electron chi connectivity index (χ1n) is 10.6. The van der Waals surface area contributed by atoms with Gasteiger partial charge in [0.25, 0.3) is 11.7 Å². The Labute approximate surface area is 187 Å². The SMILES string of the molecule is CC(C)COc1ccc(/C(O)=C2\C(=O)C(=O)N(CCN(C)C)[C@H]2c2ccc(F)cc2)cc1. The lowest BCUT2D eigenvalue weighted by atomic mass is 9.95. The van der Waals surface area contributed by atoms with Crippen LogP contribution in [0, 0.1) is 11.7 Å². The van der Waals surface area contributed by atoms with Gasteiger partial charge in [-0.05, 0) is 62.0 Å². The molecule has 6 nitrogen and oxygen atoms in total. The minimum atomic E-state index is -0.799. The van der Waals surface area contributed by atoms with E-state index in [1.807, 2.05) is 32.8 Å². The van der Waals surface area contributed by atoms with Crippen molar-refractivity contribution in [1.82, 2.24) is 9.80 Å². The lowest BCUT2D eigenvalue weighted by Gasteiger charge is -2.26. The second-order valence-corrected chi connectivity index (χ2v) is 8.58. The quantitative estimate of drug-likeness (QED) is 0.384. The molecule has 1 aliphatic rings. The maximum absolute atomic E-state index is 13.5. The number of halogens is 1. The summed E-state index contributed by atoms with van der Waals surface area (Å²) in [4.78, 5) is 29.1. The number of benzene rings is 2. The summed E-state index contributed by atoms with van der Waals surface area (Å²) in [6.45, 7) is 5.48. The Bertz CT molecular complexity index is 998. The van der Waals surface area contributed by atoms with E-state index < -0.39 is 23.5 Å². The number of ether oxygens (including phenoxy) is 1. The van der Waals surface area contributed by atoms with Crippen molar-refractivity contribution in [2.24, 2.45) is 5.92 Å². The maximum Gasteiger partial charge on any atom is 0.295 e. The average molecular weight is 441 g/mol. The number of carbonyl (C=O) groups is 2. The molecule has 1 amide bonds. The standard InChI is InChI=1S/C25H29FN2O4/c1-16(2)15-32-20-11-7-18(8-12-20)23(29)21-22(17-5-9-19(26)10-6-17)28(14-13-27(3)4)25(31)24(21)30/h5-12,16,22,29H,13-15H2,1-4H3/b23-21+/t22-/m0/s1. The third-order valence-electron chi connectivity index (χ3n) is 5.22. The minimum absolute atomic E-state index is 0.00351. The molecule has 0 bridgehead atoms. The summed E-state index contributed by atoms with van der Waals surface area (Å²) in [6.07, 6.45) is 0. The van der Waals surface area contributed by atoms with E-state index >= 15 is 0 Å². The Morgan fingerprint density at radius 1 is 1.09 bits per heavy atom. The Balaban J connectivity index is 2.02. The Kier molecular flexibility index (Phi) is 7.30. The van der Waals surface area contributed by atoms with Gasteiger partial charge >= 0.3 is 0 Å². The number of aliphatic hydroxyl groups excluding tert-OH is 1. The molecule has 0 saturated carbocycles. The smallest absolute Gasteiger partial charge is 0.295 e. The fourth-order valence-electron chi connectivity index (χ4n) is 3.54. The van der Waals surface area contributed by atoms with Gasteiger partial charge in [-0.1, -0.05) is 26.0 Å². The van der Waals surface area contributed by atoms with Crippen molar-refractivity contribution >= 4 is 17.4 Å². The van der Waals surface area contributed by atoms with Crippen LogP contribution in [0.1, 0.15) is 31.0 Å². The van der Waals surface area contributed by atoms with Gasteiger partial charge in [0.15, 0.2) is 0 Å². The predicted octanol–water partition coefficient (Wildman–Crippen LogP) is 3.84. The van der Waals surface area contributed by atoms with Gasteiger partial charge in [0.1, 0.15) is 17.3 Å². The zero-order valence-electron chi connectivity index (χ0n) is 18.8. The molecule has 170 valence electrons. The monoisotopic (exact) mass is 440 g/mol. The molecule has 0 aromatic heterocycles. The summed E-state index contributed by atoms with van der Waals surface area (Å²) < 4.78 is 19.2. The highest BCUT2D eigenvalue weighted by Gasteiger charge is 2.45. The van der Waals surface area contributed by atoms with Crippen LogP contribution in [0.25, 0.3) is 5.76 Å². The Hall–Kier alpha value is -3.19. The van der Waals surface area contributed by atoms with Crippen molar-refractivity contribution in [2.45, 2.75) is 19.9 Å². The highest BCUT2D eigenvalue weighted by atomic mass is 19.1. The number of carbonyl (C=O) groups excluding carboxylic acids is 2. The molecule has 0 spiro atoms. The van der Waals surface area contributed by atoms with E-state index in [0.29, 0.717) is 42.5 Å². The number of amides is 1. The van der Waals surface area contributed by atoms with E-state index in [4.69, 9.17) is 4.74 Å². The van der Waals surface area contributed by atoms with Crippen LogP contribution in [0.4, 0.5) is 4.39 Å². The molecule has 2 aromatic carbocycles. The van der Waals surface area contributed by atoms with Crippen LogP contribution >= 0.6 is 0 Å². The zero-order valence-corrected chi connectivity index (χ0v) is 18.8. The van der Waals surface area contributed by atoms with Gasteiger partial charge in [0, 0.05) is 18.7 Å². The molecule has 1 aliphatic heterocycles. The van der Waals surface area contributed by atoms with Crippen molar-refractivity contribution in [2.75, 3.05) is 33.8 Å². The van der Waals surface area contributed by atoms with Crippen LogP contribution in [0.15, 0.2) is 54.1 Å². The van der Waals surface area contributed by atoms with Gasteiger partial charge in [-0.2, -0.15) is 0 Å². The van der Waals surface area contributed by atoms with Crippen LogP contribution in [0.5, 0.6) is 5.75 Å². The normalized spacial score (nSPS) is 18.1. The molecule has 1 atom stereocenters. The Morgan fingerprint density at radius 2 is 1.72 bits per heavy atom. The second kappa shape index (κ2) is 9.96. The van der Waals surface area contributed by atoms with Gasteiger partial charge in [0.05, 0.1) is 18.2 Å². The summed E-state index contributed by atoms with van der Waals surface area (Å²) >= 11 is 0. The number of ketones is 1. The van der Waals surface area contributed by atoms with Crippen LogP contribution in [-0.4, -0.2) is 60.4 Å². The molecule has 1 heterocycles. The summed E-state index contributed by atoms with van der Waals surface area (Å²) in [6, 6.07) is 11.6. The van der Waals surface area contributed by atoms with Gasteiger partial charge < -0.3 is 19.6 Å². The third kappa shape index (κ3) is 5.16. The van der Waals surface area contributed by atoms with E-state index in [2.05, 4.69) is 0 Å². The van der Waals surface area contributed by atoms with Crippen molar-refractivity contribution in [3.63, 3.8) is 0 Å². The van der Waals surface area contributed by atoms with Gasteiger partial charge in [-0.3, -0.25) is 9.59 Å². The molecule has 1 N–H and O–H groups in total. The average Bonchev–Trinajstić information content (AvgIpc) is 3.01. The maximum atomic E-state index is 13.5. The molecular weight excluding hydrogens is 411 g/mol. The van der Waals surface area contributed by atoms with Crippen LogP contribution < -0.4 is 4.74 Å². The number of likely N-dealkylation sites (N-methyl/N-ethyl adjacent to an activating group) is 1. The molecule has 2 aromatic rings. The number of likely N-dealkylation sites (tertiary alicyclic amines) is 1. The van der Waals surface area contributed by atoms with Crippen molar-refractivity contribution in [1.29, 1.82) is 0 Å². The summed E-state index contributed by atoms with van der Waals surface area (Å²) in [5.74, 6) is -1.10. The molecule has 32 heavy (non-hydrogen) atoms. The topological polar surface area (TPSA) is 70.1 Å². The highest BCUT2D eigenvalue weighted by molar-refractivity contribution is 6.46. The number of rotatable bonds is 8. The summed E-state index contributed by atoms with van der Waals surface area (Å²) in [7, 11) is 3.73. The van der Waals surface area contributed by atoms with Crippen molar-refractivity contribution < 1.29 is 23.8 Å². The molecule has 7 heteroatoms. The van der Waals surface area contributed by atoms with Gasteiger partial charge in [-0.15, -0.1) is 0 Å². The number of hydrogen-bond acceptors (Lipinski definition) is 5. The molecule has 0 aliphatic carbocycles. The molecule has 0 radical (unpaired) electrons. The fourth-order valence-corrected chi connectivity index (χ4v) is 3.54. The van der Waals surface area contributed by atoms with Gasteiger partial charge in [0.2, 0.25) is 0 Å². The lowest BCUT2D eigenvalue weighted by molar-refractivity contribution is -0.140. The number of aliphatic hydroxyl groups is 1.